The van der Waals surface area contributed by atoms with Crippen molar-refractivity contribution in [3.05, 3.63) is 87.6 Å². The Kier molecular flexibility index (Phi) is 5.54. The summed E-state index contributed by atoms with van der Waals surface area (Å²) in [7, 11) is 0. The predicted octanol–water partition coefficient (Wildman–Crippen LogP) is 3.55. The second-order valence-electron chi connectivity index (χ2n) is 5.79. The second kappa shape index (κ2) is 8.21. The van der Waals surface area contributed by atoms with Gasteiger partial charge in [-0.05, 0) is 25.1 Å². The minimum atomic E-state index is -0.616. The van der Waals surface area contributed by atoms with Gasteiger partial charge in [0.25, 0.3) is 11.6 Å². The van der Waals surface area contributed by atoms with Crippen molar-refractivity contribution in [3.63, 3.8) is 0 Å². The van der Waals surface area contributed by atoms with E-state index in [0.29, 0.717) is 11.3 Å². The Balaban J connectivity index is 1.76. The number of hydrogen-bond donors (Lipinski definition) is 1. The molecule has 0 aliphatic rings. The Bertz CT molecular complexity index is 1040. The number of halogens is 1. The molecule has 0 aliphatic carbocycles. The topological polar surface area (TPSA) is 107 Å². The van der Waals surface area contributed by atoms with Crippen molar-refractivity contribution in [1.82, 2.24) is 15.3 Å². The number of benzene rings is 1. The Morgan fingerprint density at radius 3 is 2.82 bits per heavy atom. The molecule has 0 radical (unpaired) electrons. The average Bonchev–Trinajstić information content (AvgIpc) is 2.67. The van der Waals surface area contributed by atoms with E-state index in [1.807, 2.05) is 0 Å². The van der Waals surface area contributed by atoms with Crippen LogP contribution in [0.15, 0.2) is 54.9 Å². The second-order valence-corrected chi connectivity index (χ2v) is 5.79. The molecule has 0 unspecified atom stereocenters. The van der Waals surface area contributed by atoms with Gasteiger partial charge in [0.05, 0.1) is 16.2 Å². The quantitative estimate of drug-likeness (QED) is 0.516. The van der Waals surface area contributed by atoms with E-state index in [2.05, 4.69) is 15.3 Å². The third-order valence-electron chi connectivity index (χ3n) is 3.83. The number of pyridine rings is 2. The summed E-state index contributed by atoms with van der Waals surface area (Å²) in [6.07, 6.45) is 2.60. The molecule has 2 heterocycles. The van der Waals surface area contributed by atoms with Crippen molar-refractivity contribution in [1.29, 1.82) is 0 Å². The lowest BCUT2D eigenvalue weighted by atomic mass is 10.1. The van der Waals surface area contributed by atoms with Gasteiger partial charge in [0.15, 0.2) is 0 Å². The molecule has 9 heteroatoms. The predicted molar refractivity (Wildman–Crippen MR) is 97.5 cm³/mol. The zero-order valence-corrected chi connectivity index (χ0v) is 14.8. The van der Waals surface area contributed by atoms with Crippen LogP contribution in [0, 0.1) is 22.9 Å². The highest BCUT2D eigenvalue weighted by Crippen LogP contribution is 2.23. The molecule has 1 amide bonds. The van der Waals surface area contributed by atoms with Gasteiger partial charge < -0.3 is 10.1 Å². The van der Waals surface area contributed by atoms with Gasteiger partial charge in [-0.15, -0.1) is 0 Å². The molecule has 8 nitrogen and oxygen atoms in total. The number of amides is 1. The molecule has 0 saturated heterocycles. The summed E-state index contributed by atoms with van der Waals surface area (Å²) in [6.45, 7) is 1.64. The van der Waals surface area contributed by atoms with Crippen LogP contribution in [-0.4, -0.2) is 20.8 Å². The van der Waals surface area contributed by atoms with Crippen molar-refractivity contribution in [2.75, 3.05) is 0 Å². The van der Waals surface area contributed by atoms with E-state index in [4.69, 9.17) is 4.74 Å². The molecular weight excluding hydrogens is 367 g/mol. The van der Waals surface area contributed by atoms with Crippen LogP contribution in [0.4, 0.5) is 10.1 Å². The van der Waals surface area contributed by atoms with Crippen LogP contribution in [0.5, 0.6) is 11.6 Å². The van der Waals surface area contributed by atoms with Crippen molar-refractivity contribution in [2.45, 2.75) is 13.5 Å². The molecule has 1 aromatic carbocycles. The first-order chi connectivity index (χ1) is 13.4. The van der Waals surface area contributed by atoms with Crippen LogP contribution >= 0.6 is 0 Å². The number of aryl methyl sites for hydroxylation is 1. The van der Waals surface area contributed by atoms with Gasteiger partial charge in [0.2, 0.25) is 5.88 Å². The molecule has 0 fully saturated rings. The molecule has 2 aromatic heterocycles. The molecule has 0 saturated carbocycles. The van der Waals surface area contributed by atoms with E-state index in [9.17, 15) is 19.3 Å². The Hall–Kier alpha value is -3.88. The summed E-state index contributed by atoms with van der Waals surface area (Å²) < 4.78 is 18.9. The number of nitrogens with one attached hydrogen (secondary N) is 1. The Labute approximate surface area is 159 Å². The smallest absolute Gasteiger partial charge is 0.288 e. The van der Waals surface area contributed by atoms with Crippen LogP contribution in [-0.2, 0) is 6.54 Å². The summed E-state index contributed by atoms with van der Waals surface area (Å²) in [6, 6.07) is 10.1. The van der Waals surface area contributed by atoms with E-state index in [0.717, 1.165) is 6.20 Å². The largest absolute Gasteiger partial charge is 0.439 e. The zero-order valence-electron chi connectivity index (χ0n) is 14.8. The standard InChI is InChI=1S/C19H15FN4O4/c1-12-17(9-15(11-22-12)24(26)27)18(25)23-10-13-4-3-7-21-19(13)28-16-6-2-5-14(20)8-16/h2-9,11H,10H2,1H3,(H,23,25). The summed E-state index contributed by atoms with van der Waals surface area (Å²) in [4.78, 5) is 30.7. The van der Waals surface area contributed by atoms with Gasteiger partial charge >= 0.3 is 0 Å². The Morgan fingerprint density at radius 1 is 1.25 bits per heavy atom. The van der Waals surface area contributed by atoms with Crippen molar-refractivity contribution in [2.24, 2.45) is 0 Å². The maximum Gasteiger partial charge on any atom is 0.288 e. The van der Waals surface area contributed by atoms with Crippen LogP contribution in [0.1, 0.15) is 21.6 Å². The average molecular weight is 382 g/mol. The van der Waals surface area contributed by atoms with Crippen molar-refractivity contribution >= 4 is 11.6 Å². The molecule has 3 rings (SSSR count). The van der Waals surface area contributed by atoms with Gasteiger partial charge in [0.1, 0.15) is 17.8 Å². The van der Waals surface area contributed by atoms with Crippen molar-refractivity contribution < 1.29 is 18.8 Å². The molecule has 142 valence electrons. The molecule has 0 atom stereocenters. The first-order valence-corrected chi connectivity index (χ1v) is 8.20. The number of hydrogen-bond acceptors (Lipinski definition) is 6. The molecule has 0 aliphatic heterocycles. The summed E-state index contributed by atoms with van der Waals surface area (Å²) in [5.41, 5.74) is 0.750. The van der Waals surface area contributed by atoms with Gasteiger partial charge in [-0.25, -0.2) is 9.37 Å². The van der Waals surface area contributed by atoms with E-state index < -0.39 is 16.6 Å². The van der Waals surface area contributed by atoms with Crippen molar-refractivity contribution in [3.8, 4) is 11.6 Å². The van der Waals surface area contributed by atoms with Gasteiger partial charge in [-0.1, -0.05) is 12.1 Å². The SMILES string of the molecule is Cc1ncc([N+](=O)[O-])cc1C(=O)NCc1cccnc1Oc1cccc(F)c1. The lowest BCUT2D eigenvalue weighted by molar-refractivity contribution is -0.385. The van der Waals surface area contributed by atoms with Gasteiger partial charge in [-0.3, -0.25) is 19.9 Å². The first kappa shape index (κ1) is 18.9. The molecule has 0 bridgehead atoms. The monoisotopic (exact) mass is 382 g/mol. The highest BCUT2D eigenvalue weighted by molar-refractivity contribution is 5.95. The number of rotatable bonds is 6. The number of carbonyl (C=O) groups excluding carboxylic acids is 1. The Morgan fingerprint density at radius 2 is 2.07 bits per heavy atom. The van der Waals surface area contributed by atoms with E-state index in [1.165, 1.54) is 30.5 Å². The zero-order chi connectivity index (χ0) is 20.1. The van der Waals surface area contributed by atoms with Gasteiger partial charge in [-0.2, -0.15) is 0 Å². The lowest BCUT2D eigenvalue weighted by Gasteiger charge is -2.11. The third-order valence-corrected chi connectivity index (χ3v) is 3.83. The van der Waals surface area contributed by atoms with Crippen LogP contribution in [0.3, 0.4) is 0 Å². The number of nitrogens with zero attached hydrogens (tertiary/aromatic N) is 3. The minimum absolute atomic E-state index is 0.0550. The summed E-state index contributed by atoms with van der Waals surface area (Å²) >= 11 is 0. The maximum atomic E-state index is 13.3. The van der Waals surface area contributed by atoms with E-state index in [1.54, 1.807) is 25.1 Å². The molecule has 0 spiro atoms. The minimum Gasteiger partial charge on any atom is -0.439 e. The first-order valence-electron chi connectivity index (χ1n) is 8.20. The molecular formula is C19H15FN4O4. The van der Waals surface area contributed by atoms with E-state index in [-0.39, 0.29) is 29.4 Å². The fourth-order valence-electron chi connectivity index (χ4n) is 2.42. The normalized spacial score (nSPS) is 10.4. The molecule has 28 heavy (non-hydrogen) atoms. The number of ether oxygens (including phenoxy) is 1. The maximum absolute atomic E-state index is 13.3. The number of aromatic nitrogens is 2. The number of nitro groups is 1. The fourth-order valence-corrected chi connectivity index (χ4v) is 2.42. The molecule has 3 aromatic rings. The third kappa shape index (κ3) is 4.44. The fraction of sp³-hybridized carbons (Fsp3) is 0.105. The summed E-state index contributed by atoms with van der Waals surface area (Å²) in [5, 5.41) is 13.6. The summed E-state index contributed by atoms with van der Waals surface area (Å²) in [5.74, 6) is -0.488. The van der Waals surface area contributed by atoms with Crippen LogP contribution in [0.2, 0.25) is 0 Å². The number of carbonyl (C=O) groups is 1. The highest BCUT2D eigenvalue weighted by Gasteiger charge is 2.16. The molecule has 1 N–H and O–H groups in total. The van der Waals surface area contributed by atoms with Gasteiger partial charge in [0, 0.05) is 30.4 Å². The lowest BCUT2D eigenvalue weighted by Crippen LogP contribution is -2.24. The van der Waals surface area contributed by atoms with Crippen LogP contribution in [0.25, 0.3) is 0 Å². The highest BCUT2D eigenvalue weighted by atomic mass is 19.1. The van der Waals surface area contributed by atoms with Crippen LogP contribution < -0.4 is 10.1 Å². The van der Waals surface area contributed by atoms with E-state index >= 15 is 0 Å².